The highest BCUT2D eigenvalue weighted by molar-refractivity contribution is 6.06. The van der Waals surface area contributed by atoms with E-state index < -0.39 is 6.04 Å². The van der Waals surface area contributed by atoms with Gasteiger partial charge in [-0.3, -0.25) is 9.78 Å². The molecule has 1 amide bonds. The summed E-state index contributed by atoms with van der Waals surface area (Å²) in [6, 6.07) is 13.8. The van der Waals surface area contributed by atoms with Crippen LogP contribution in [-0.4, -0.2) is 54.1 Å². The third-order valence-electron chi connectivity index (χ3n) is 6.39. The number of carbonyl (C=O) groups excluding carboxylic acids is 1. The van der Waals surface area contributed by atoms with Gasteiger partial charge in [-0.25, -0.2) is 4.68 Å². The fourth-order valence-corrected chi connectivity index (χ4v) is 4.51. The van der Waals surface area contributed by atoms with E-state index >= 15 is 0 Å². The van der Waals surface area contributed by atoms with Gasteiger partial charge in [-0.15, -0.1) is 5.10 Å². The van der Waals surface area contributed by atoms with Gasteiger partial charge >= 0.3 is 0 Å². The summed E-state index contributed by atoms with van der Waals surface area (Å²) in [5, 5.41) is 11.0. The van der Waals surface area contributed by atoms with Crippen LogP contribution in [0.3, 0.4) is 0 Å². The number of nitrogens with one attached hydrogen (secondary N) is 2. The third kappa shape index (κ3) is 4.81. The van der Waals surface area contributed by atoms with Crippen molar-refractivity contribution in [3.8, 4) is 34.4 Å². The zero-order valence-electron chi connectivity index (χ0n) is 22.2. The fraction of sp³-hybridized carbons (Fsp3) is 0.214. The van der Waals surface area contributed by atoms with E-state index in [1.807, 2.05) is 25.1 Å². The number of anilines is 2. The minimum atomic E-state index is -0.667. The van der Waals surface area contributed by atoms with Crippen LogP contribution in [0.4, 0.5) is 11.6 Å². The highest BCUT2D eigenvalue weighted by Gasteiger charge is 2.36. The van der Waals surface area contributed by atoms with Crippen LogP contribution in [0.25, 0.3) is 11.4 Å². The van der Waals surface area contributed by atoms with E-state index in [2.05, 4.69) is 15.6 Å². The summed E-state index contributed by atoms with van der Waals surface area (Å²) in [7, 11) is 6.30. The van der Waals surface area contributed by atoms with Crippen molar-refractivity contribution in [1.82, 2.24) is 19.7 Å². The van der Waals surface area contributed by atoms with Crippen LogP contribution in [0.15, 0.2) is 72.2 Å². The van der Waals surface area contributed by atoms with Gasteiger partial charge in [0.05, 0.1) is 45.9 Å². The molecule has 2 aromatic heterocycles. The van der Waals surface area contributed by atoms with Crippen molar-refractivity contribution >= 4 is 17.5 Å². The maximum absolute atomic E-state index is 13.7. The number of ether oxygens (including phenoxy) is 4. The second-order valence-corrected chi connectivity index (χ2v) is 8.64. The van der Waals surface area contributed by atoms with E-state index in [1.165, 1.54) is 0 Å². The largest absolute Gasteiger partial charge is 0.497 e. The molecule has 0 radical (unpaired) electrons. The lowest BCUT2D eigenvalue weighted by atomic mass is 9.94. The number of amides is 1. The summed E-state index contributed by atoms with van der Waals surface area (Å²) in [4.78, 5) is 22.6. The lowest BCUT2D eigenvalue weighted by Crippen LogP contribution is -2.31. The summed E-state index contributed by atoms with van der Waals surface area (Å²) in [6.45, 7) is 1.83. The predicted molar refractivity (Wildman–Crippen MR) is 145 cm³/mol. The standard InChI is InChI=1S/C28H28N6O5/c1-16-24(27(35)31-18-7-6-12-29-15-18)25(20-10-9-19(36-2)14-22(20)38-4)34-28(30-16)32-26(33-34)17-8-11-21(37-3)23(13-17)39-5/h6-15,25H,1-5H3,(H,31,35)(H,30,32,33). The first-order valence-electron chi connectivity index (χ1n) is 12.1. The molecule has 0 aliphatic carbocycles. The number of benzene rings is 2. The molecule has 1 aliphatic heterocycles. The van der Waals surface area contributed by atoms with Gasteiger partial charge in [-0.2, -0.15) is 4.98 Å². The van der Waals surface area contributed by atoms with E-state index in [4.69, 9.17) is 29.0 Å². The number of aromatic nitrogens is 4. The first-order chi connectivity index (χ1) is 19.0. The number of carbonyl (C=O) groups is 1. The highest BCUT2D eigenvalue weighted by atomic mass is 16.5. The van der Waals surface area contributed by atoms with Crippen LogP contribution < -0.4 is 29.6 Å². The summed E-state index contributed by atoms with van der Waals surface area (Å²) in [6.07, 6.45) is 3.23. The number of methoxy groups -OCH3 is 4. The van der Waals surface area contributed by atoms with Gasteiger partial charge in [0, 0.05) is 29.1 Å². The van der Waals surface area contributed by atoms with Crippen molar-refractivity contribution in [2.45, 2.75) is 13.0 Å². The monoisotopic (exact) mass is 528 g/mol. The Morgan fingerprint density at radius 2 is 1.74 bits per heavy atom. The average molecular weight is 529 g/mol. The lowest BCUT2D eigenvalue weighted by molar-refractivity contribution is -0.113. The normalized spacial score (nSPS) is 14.2. The first kappa shape index (κ1) is 25.6. The zero-order chi connectivity index (χ0) is 27.5. The van der Waals surface area contributed by atoms with Gasteiger partial charge in [0.1, 0.15) is 17.5 Å². The predicted octanol–water partition coefficient (Wildman–Crippen LogP) is 4.30. The zero-order valence-corrected chi connectivity index (χ0v) is 22.2. The third-order valence-corrected chi connectivity index (χ3v) is 6.39. The van der Waals surface area contributed by atoms with E-state index in [0.29, 0.717) is 57.3 Å². The molecule has 0 saturated heterocycles. The van der Waals surface area contributed by atoms with Gasteiger partial charge in [0.2, 0.25) is 5.95 Å². The molecule has 39 heavy (non-hydrogen) atoms. The molecule has 11 heteroatoms. The second-order valence-electron chi connectivity index (χ2n) is 8.64. The minimum absolute atomic E-state index is 0.315. The Balaban J connectivity index is 1.64. The van der Waals surface area contributed by atoms with Crippen molar-refractivity contribution in [3.05, 3.63) is 77.8 Å². The lowest BCUT2D eigenvalue weighted by Gasteiger charge is -2.29. The number of allylic oxidation sites excluding steroid dienone is 1. The number of hydrogen-bond donors (Lipinski definition) is 2. The van der Waals surface area contributed by atoms with E-state index in [0.717, 1.165) is 5.56 Å². The molecular weight excluding hydrogens is 500 g/mol. The molecule has 4 aromatic rings. The SMILES string of the molecule is COc1ccc(C2C(C(=O)Nc3cccnc3)=C(C)Nc3nc(-c4ccc(OC)c(OC)c4)nn32)c(OC)c1. The van der Waals surface area contributed by atoms with Crippen molar-refractivity contribution < 1.29 is 23.7 Å². The average Bonchev–Trinajstić information content (AvgIpc) is 3.39. The Labute approximate surface area is 225 Å². The van der Waals surface area contributed by atoms with Gasteiger partial charge in [-0.05, 0) is 49.4 Å². The van der Waals surface area contributed by atoms with E-state index in [1.54, 1.807) is 75.8 Å². The van der Waals surface area contributed by atoms with E-state index in [9.17, 15) is 4.79 Å². The maximum Gasteiger partial charge on any atom is 0.255 e. The van der Waals surface area contributed by atoms with Crippen LogP contribution in [0.2, 0.25) is 0 Å². The van der Waals surface area contributed by atoms with Crippen molar-refractivity contribution in [3.63, 3.8) is 0 Å². The molecule has 0 fully saturated rings. The second kappa shape index (κ2) is 10.7. The molecule has 200 valence electrons. The molecular formula is C28H28N6O5. The summed E-state index contributed by atoms with van der Waals surface area (Å²) in [5.41, 5.74) is 3.06. The Hall–Kier alpha value is -5.06. The Kier molecular flexibility index (Phi) is 7.04. The van der Waals surface area contributed by atoms with Crippen LogP contribution in [0.1, 0.15) is 18.5 Å². The molecule has 1 atom stereocenters. The Morgan fingerprint density at radius 1 is 0.949 bits per heavy atom. The van der Waals surface area contributed by atoms with Gasteiger partial charge in [0.15, 0.2) is 17.3 Å². The number of fused-ring (bicyclic) bond motifs is 1. The molecule has 1 aliphatic rings. The smallest absolute Gasteiger partial charge is 0.255 e. The van der Waals surface area contributed by atoms with Crippen LogP contribution in [-0.2, 0) is 4.79 Å². The summed E-state index contributed by atoms with van der Waals surface area (Å²) >= 11 is 0. The molecule has 2 N–H and O–H groups in total. The topological polar surface area (TPSA) is 122 Å². The van der Waals surface area contributed by atoms with Gasteiger partial charge in [0.25, 0.3) is 5.91 Å². The molecule has 3 heterocycles. The molecule has 0 spiro atoms. The molecule has 5 rings (SSSR count). The minimum Gasteiger partial charge on any atom is -0.497 e. The molecule has 2 aromatic carbocycles. The van der Waals surface area contributed by atoms with Crippen LogP contribution in [0, 0.1) is 0 Å². The first-order valence-corrected chi connectivity index (χ1v) is 12.1. The Morgan fingerprint density at radius 3 is 2.44 bits per heavy atom. The maximum atomic E-state index is 13.7. The quantitative estimate of drug-likeness (QED) is 0.345. The molecule has 0 saturated carbocycles. The van der Waals surface area contributed by atoms with Crippen LogP contribution >= 0.6 is 0 Å². The van der Waals surface area contributed by atoms with Crippen molar-refractivity contribution in [2.24, 2.45) is 0 Å². The van der Waals surface area contributed by atoms with Crippen molar-refractivity contribution in [2.75, 3.05) is 39.1 Å². The Bertz CT molecular complexity index is 1550. The summed E-state index contributed by atoms with van der Waals surface area (Å²) < 4.78 is 23.6. The van der Waals surface area contributed by atoms with Crippen LogP contribution in [0.5, 0.6) is 23.0 Å². The summed E-state index contributed by atoms with van der Waals surface area (Å²) in [5.74, 6) is 2.90. The molecule has 11 nitrogen and oxygen atoms in total. The number of hydrogen-bond acceptors (Lipinski definition) is 9. The number of nitrogens with zero attached hydrogens (tertiary/aromatic N) is 4. The fourth-order valence-electron chi connectivity index (χ4n) is 4.51. The number of pyridine rings is 1. The van der Waals surface area contributed by atoms with Crippen molar-refractivity contribution in [1.29, 1.82) is 0 Å². The molecule has 1 unspecified atom stereocenters. The molecule has 0 bridgehead atoms. The van der Waals surface area contributed by atoms with E-state index in [-0.39, 0.29) is 5.91 Å². The number of rotatable bonds is 8. The van der Waals surface area contributed by atoms with Gasteiger partial charge < -0.3 is 29.6 Å². The van der Waals surface area contributed by atoms with Gasteiger partial charge in [-0.1, -0.05) is 0 Å². The highest BCUT2D eigenvalue weighted by Crippen LogP contribution is 2.42.